The van der Waals surface area contributed by atoms with Gasteiger partial charge in [0.05, 0.1) is 26.4 Å². The normalized spacial score (nSPS) is 33.2. The SMILES string of the molecule is COCCOCCOCCC1(CCl)CC2CCC1C2. The number of fused-ring (bicyclic) bond motifs is 2. The Balaban J connectivity index is 1.55. The Kier molecular flexibility index (Phi) is 6.40. The quantitative estimate of drug-likeness (QED) is 0.457. The van der Waals surface area contributed by atoms with Crippen LogP contribution in [0.3, 0.4) is 0 Å². The smallest absolute Gasteiger partial charge is 0.0701 e. The molecule has 0 aliphatic heterocycles. The summed E-state index contributed by atoms with van der Waals surface area (Å²) in [7, 11) is 1.68. The van der Waals surface area contributed by atoms with E-state index in [0.29, 0.717) is 31.8 Å². The van der Waals surface area contributed by atoms with E-state index < -0.39 is 0 Å². The van der Waals surface area contributed by atoms with Crippen molar-refractivity contribution < 1.29 is 14.2 Å². The fourth-order valence-electron chi connectivity index (χ4n) is 3.83. The van der Waals surface area contributed by atoms with E-state index in [1.165, 1.54) is 25.7 Å². The Morgan fingerprint density at radius 1 is 1.05 bits per heavy atom. The third-order valence-electron chi connectivity index (χ3n) is 4.92. The molecule has 0 saturated heterocycles. The standard InChI is InChI=1S/C15H27ClO3/c1-17-6-7-19-9-8-18-5-4-15(12-16)11-13-2-3-14(15)10-13/h13-14H,2-12H2,1H3. The zero-order valence-electron chi connectivity index (χ0n) is 12.0. The zero-order valence-corrected chi connectivity index (χ0v) is 12.8. The van der Waals surface area contributed by atoms with Crippen LogP contribution in [0.25, 0.3) is 0 Å². The summed E-state index contributed by atoms with van der Waals surface area (Å²) < 4.78 is 16.0. The molecule has 0 aromatic carbocycles. The second kappa shape index (κ2) is 7.82. The lowest BCUT2D eigenvalue weighted by atomic mass is 9.72. The zero-order chi connectivity index (χ0) is 13.6. The summed E-state index contributed by atoms with van der Waals surface area (Å²) in [6.07, 6.45) is 6.67. The molecule has 0 aromatic rings. The summed E-state index contributed by atoms with van der Waals surface area (Å²) in [6, 6.07) is 0. The van der Waals surface area contributed by atoms with Crippen molar-refractivity contribution in [2.45, 2.75) is 32.1 Å². The van der Waals surface area contributed by atoms with E-state index in [-0.39, 0.29) is 0 Å². The van der Waals surface area contributed by atoms with Crippen LogP contribution in [0.1, 0.15) is 32.1 Å². The minimum Gasteiger partial charge on any atom is -0.382 e. The van der Waals surface area contributed by atoms with Crippen LogP contribution in [-0.2, 0) is 14.2 Å². The van der Waals surface area contributed by atoms with E-state index in [1.807, 2.05) is 0 Å². The molecule has 2 aliphatic rings. The lowest BCUT2D eigenvalue weighted by Crippen LogP contribution is -2.31. The molecular weight excluding hydrogens is 264 g/mol. The molecule has 2 saturated carbocycles. The molecule has 112 valence electrons. The maximum absolute atomic E-state index is 6.26. The van der Waals surface area contributed by atoms with Gasteiger partial charge in [-0.3, -0.25) is 0 Å². The van der Waals surface area contributed by atoms with Crippen molar-refractivity contribution in [1.29, 1.82) is 0 Å². The fraction of sp³-hybridized carbons (Fsp3) is 1.00. The molecule has 0 radical (unpaired) electrons. The van der Waals surface area contributed by atoms with Crippen molar-refractivity contribution in [1.82, 2.24) is 0 Å². The van der Waals surface area contributed by atoms with Crippen LogP contribution in [0.2, 0.25) is 0 Å². The Morgan fingerprint density at radius 3 is 2.37 bits per heavy atom. The van der Waals surface area contributed by atoms with Crippen molar-refractivity contribution in [3.05, 3.63) is 0 Å². The van der Waals surface area contributed by atoms with Gasteiger partial charge in [0.2, 0.25) is 0 Å². The minimum absolute atomic E-state index is 0.376. The molecule has 19 heavy (non-hydrogen) atoms. The summed E-state index contributed by atoms with van der Waals surface area (Å²) in [5.41, 5.74) is 0.376. The van der Waals surface area contributed by atoms with E-state index in [0.717, 1.165) is 30.7 Å². The van der Waals surface area contributed by atoms with E-state index in [2.05, 4.69) is 0 Å². The van der Waals surface area contributed by atoms with Gasteiger partial charge in [0, 0.05) is 19.6 Å². The Hall–Kier alpha value is 0.170. The van der Waals surface area contributed by atoms with Gasteiger partial charge in [0.25, 0.3) is 0 Å². The van der Waals surface area contributed by atoms with Crippen LogP contribution in [0.4, 0.5) is 0 Å². The molecular formula is C15H27ClO3. The predicted molar refractivity (Wildman–Crippen MR) is 76.7 cm³/mol. The van der Waals surface area contributed by atoms with Crippen LogP contribution in [0, 0.1) is 17.3 Å². The first-order chi connectivity index (χ1) is 9.30. The molecule has 4 heteroatoms. The largest absolute Gasteiger partial charge is 0.382 e. The predicted octanol–water partition coefficient (Wildman–Crippen LogP) is 3.10. The highest BCUT2D eigenvalue weighted by Gasteiger charge is 2.49. The average molecular weight is 291 g/mol. The molecule has 3 atom stereocenters. The third kappa shape index (κ3) is 4.07. The lowest BCUT2D eigenvalue weighted by Gasteiger charge is -2.36. The van der Waals surface area contributed by atoms with Crippen LogP contribution >= 0.6 is 11.6 Å². The molecule has 0 amide bonds. The number of ether oxygens (including phenoxy) is 3. The number of rotatable bonds is 10. The summed E-state index contributed by atoms with van der Waals surface area (Å²) in [5, 5.41) is 0. The van der Waals surface area contributed by atoms with Crippen LogP contribution in [0.15, 0.2) is 0 Å². The third-order valence-corrected chi connectivity index (χ3v) is 5.45. The Labute approximate surface area is 121 Å². The molecule has 0 spiro atoms. The minimum atomic E-state index is 0.376. The molecule has 2 aliphatic carbocycles. The van der Waals surface area contributed by atoms with Gasteiger partial charge >= 0.3 is 0 Å². The fourth-order valence-corrected chi connectivity index (χ4v) is 4.30. The van der Waals surface area contributed by atoms with Gasteiger partial charge in [-0.15, -0.1) is 11.6 Å². The van der Waals surface area contributed by atoms with Crippen molar-refractivity contribution >= 4 is 11.6 Å². The topological polar surface area (TPSA) is 27.7 Å². The summed E-state index contributed by atoms with van der Waals surface area (Å²) in [5.74, 6) is 2.61. The average Bonchev–Trinajstić information content (AvgIpc) is 3.03. The van der Waals surface area contributed by atoms with Gasteiger partial charge in [-0.25, -0.2) is 0 Å². The highest BCUT2D eigenvalue weighted by atomic mass is 35.5. The molecule has 3 nitrogen and oxygen atoms in total. The number of methoxy groups -OCH3 is 1. The van der Waals surface area contributed by atoms with E-state index in [4.69, 9.17) is 25.8 Å². The first kappa shape index (κ1) is 15.6. The Morgan fingerprint density at radius 2 is 1.79 bits per heavy atom. The van der Waals surface area contributed by atoms with Gasteiger partial charge < -0.3 is 14.2 Å². The van der Waals surface area contributed by atoms with Crippen molar-refractivity contribution in [2.75, 3.05) is 46.0 Å². The van der Waals surface area contributed by atoms with Crippen molar-refractivity contribution in [3.8, 4) is 0 Å². The van der Waals surface area contributed by atoms with E-state index >= 15 is 0 Å². The highest BCUT2D eigenvalue weighted by molar-refractivity contribution is 6.18. The van der Waals surface area contributed by atoms with Crippen LogP contribution in [-0.4, -0.2) is 46.0 Å². The molecule has 2 fully saturated rings. The summed E-state index contributed by atoms with van der Waals surface area (Å²) in [6.45, 7) is 3.46. The monoisotopic (exact) mass is 290 g/mol. The van der Waals surface area contributed by atoms with Gasteiger partial charge in [-0.1, -0.05) is 6.42 Å². The Bertz CT molecular complexity index is 262. The molecule has 2 rings (SSSR count). The second-order valence-corrected chi connectivity index (χ2v) is 6.31. The number of hydrogen-bond donors (Lipinski definition) is 0. The first-order valence-corrected chi connectivity index (χ1v) is 8.04. The van der Waals surface area contributed by atoms with Gasteiger partial charge in [0.1, 0.15) is 0 Å². The lowest BCUT2D eigenvalue weighted by molar-refractivity contribution is 0.0130. The van der Waals surface area contributed by atoms with Crippen molar-refractivity contribution in [2.24, 2.45) is 17.3 Å². The molecule has 0 heterocycles. The molecule has 2 bridgehead atoms. The maximum atomic E-state index is 6.26. The summed E-state index contributed by atoms with van der Waals surface area (Å²) in [4.78, 5) is 0. The number of alkyl halides is 1. The maximum Gasteiger partial charge on any atom is 0.0701 e. The second-order valence-electron chi connectivity index (χ2n) is 6.04. The first-order valence-electron chi connectivity index (χ1n) is 7.51. The van der Waals surface area contributed by atoms with Crippen molar-refractivity contribution in [3.63, 3.8) is 0 Å². The molecule has 3 unspecified atom stereocenters. The number of hydrogen-bond acceptors (Lipinski definition) is 3. The van der Waals surface area contributed by atoms with Gasteiger partial charge in [-0.05, 0) is 42.9 Å². The van der Waals surface area contributed by atoms with Crippen LogP contribution in [0.5, 0.6) is 0 Å². The highest BCUT2D eigenvalue weighted by Crippen LogP contribution is 2.58. The van der Waals surface area contributed by atoms with Gasteiger partial charge in [0.15, 0.2) is 0 Å². The van der Waals surface area contributed by atoms with Gasteiger partial charge in [-0.2, -0.15) is 0 Å². The molecule has 0 aromatic heterocycles. The van der Waals surface area contributed by atoms with E-state index in [1.54, 1.807) is 7.11 Å². The van der Waals surface area contributed by atoms with Crippen LogP contribution < -0.4 is 0 Å². The molecule has 0 N–H and O–H groups in total. The van der Waals surface area contributed by atoms with E-state index in [9.17, 15) is 0 Å². The number of halogens is 1. The summed E-state index contributed by atoms with van der Waals surface area (Å²) >= 11 is 6.26.